The Labute approximate surface area is 413 Å². The third kappa shape index (κ3) is 28.9. The minimum absolute atomic E-state index is 0.00630. The fourth-order valence-electron chi connectivity index (χ4n) is 7.20. The number of hydrogen-bond donors (Lipinski definition) is 7. The molecular formula is C55H88O14. The van der Waals surface area contributed by atoms with Gasteiger partial charge in [0, 0.05) is 13.0 Å². The summed E-state index contributed by atoms with van der Waals surface area (Å²) in [5.74, 6) is -0.419. The van der Waals surface area contributed by atoms with Gasteiger partial charge in [-0.15, -0.1) is 0 Å². The zero-order valence-corrected chi connectivity index (χ0v) is 41.5. The molecule has 0 radical (unpaired) electrons. The maximum Gasteiger partial charge on any atom is 0.306 e. The van der Waals surface area contributed by atoms with Gasteiger partial charge in [-0.3, -0.25) is 4.79 Å². The number of aliphatic hydroxyl groups excluding tert-OH is 7. The molecule has 0 aromatic rings. The van der Waals surface area contributed by atoms with Crippen LogP contribution in [0.4, 0.5) is 0 Å². The van der Waals surface area contributed by atoms with Gasteiger partial charge in [0.15, 0.2) is 12.6 Å². The number of unbranched alkanes of at least 4 members (excludes halogenated alkanes) is 6. The molecule has 69 heavy (non-hydrogen) atoms. The summed E-state index contributed by atoms with van der Waals surface area (Å²) in [4.78, 5) is 13.0. The first kappa shape index (κ1) is 61.8. The van der Waals surface area contributed by atoms with E-state index in [9.17, 15) is 40.5 Å². The predicted octanol–water partition coefficient (Wildman–Crippen LogP) is 7.62. The summed E-state index contributed by atoms with van der Waals surface area (Å²) in [5, 5.41) is 72.1. The van der Waals surface area contributed by atoms with Gasteiger partial charge in [-0.05, 0) is 89.9 Å². The number of allylic oxidation sites excluding steroid dienone is 18. The van der Waals surface area contributed by atoms with Gasteiger partial charge in [-0.25, -0.2) is 0 Å². The van der Waals surface area contributed by atoms with Crippen molar-refractivity contribution in [1.82, 2.24) is 0 Å². The lowest BCUT2D eigenvalue weighted by molar-refractivity contribution is -0.332. The number of esters is 1. The molecule has 0 aliphatic carbocycles. The minimum Gasteiger partial charge on any atom is -0.457 e. The van der Waals surface area contributed by atoms with Crippen LogP contribution < -0.4 is 0 Å². The number of hydrogen-bond acceptors (Lipinski definition) is 14. The third-order valence-electron chi connectivity index (χ3n) is 11.3. The van der Waals surface area contributed by atoms with Gasteiger partial charge in [0.1, 0.15) is 54.9 Å². The number of rotatable bonds is 38. The van der Waals surface area contributed by atoms with Crippen molar-refractivity contribution in [3.63, 3.8) is 0 Å². The van der Waals surface area contributed by atoms with Crippen molar-refractivity contribution in [2.45, 2.75) is 197 Å². The average Bonchev–Trinajstić information content (AvgIpc) is 3.35. The molecule has 2 aliphatic rings. The molecule has 0 bridgehead atoms. The highest BCUT2D eigenvalue weighted by Gasteiger charge is 2.47. The molecule has 14 nitrogen and oxygen atoms in total. The first-order chi connectivity index (χ1) is 33.6. The Balaban J connectivity index is 1.81. The molecule has 0 aromatic carbocycles. The lowest BCUT2D eigenvalue weighted by atomic mass is 9.98. The highest BCUT2D eigenvalue weighted by atomic mass is 16.7. The Bertz CT molecular complexity index is 1550. The molecule has 2 fully saturated rings. The smallest absolute Gasteiger partial charge is 0.306 e. The van der Waals surface area contributed by atoms with Gasteiger partial charge in [-0.2, -0.15) is 0 Å². The first-order valence-corrected chi connectivity index (χ1v) is 25.5. The van der Waals surface area contributed by atoms with Crippen LogP contribution in [0.15, 0.2) is 109 Å². The molecule has 0 amide bonds. The summed E-state index contributed by atoms with van der Waals surface area (Å²) < 4.78 is 34.1. The zero-order chi connectivity index (χ0) is 50.2. The maximum atomic E-state index is 13.0. The van der Waals surface area contributed by atoms with Gasteiger partial charge in [0.25, 0.3) is 0 Å². The topological polar surface area (TPSA) is 214 Å². The van der Waals surface area contributed by atoms with Crippen molar-refractivity contribution in [3.8, 4) is 0 Å². The van der Waals surface area contributed by atoms with Crippen molar-refractivity contribution in [3.05, 3.63) is 109 Å². The molecule has 0 saturated carbocycles. The maximum absolute atomic E-state index is 13.0. The summed E-state index contributed by atoms with van der Waals surface area (Å²) >= 11 is 0. The summed E-state index contributed by atoms with van der Waals surface area (Å²) in [5.41, 5.74) is 0. The molecule has 2 saturated heterocycles. The average molecular weight is 973 g/mol. The zero-order valence-electron chi connectivity index (χ0n) is 41.5. The van der Waals surface area contributed by atoms with Crippen LogP contribution in [-0.2, 0) is 33.2 Å². The van der Waals surface area contributed by atoms with Crippen LogP contribution in [0.2, 0.25) is 0 Å². The van der Waals surface area contributed by atoms with E-state index in [1.165, 1.54) is 0 Å². The fraction of sp³-hybridized carbons (Fsp3) is 0.655. The van der Waals surface area contributed by atoms with Gasteiger partial charge in [0.2, 0.25) is 0 Å². The van der Waals surface area contributed by atoms with Crippen molar-refractivity contribution in [2.75, 3.05) is 33.0 Å². The fourth-order valence-corrected chi connectivity index (χ4v) is 7.20. The largest absolute Gasteiger partial charge is 0.457 e. The van der Waals surface area contributed by atoms with Gasteiger partial charge in [0.05, 0.1) is 26.4 Å². The van der Waals surface area contributed by atoms with E-state index in [0.717, 1.165) is 103 Å². The molecule has 0 spiro atoms. The SMILES string of the molecule is CC/C=C\C/C=C\C/C=C\C/C=C\C/C=C\C/C=C\CCCOCC(COC1OC(COC2OC(CO)C(O)C(O)C2O)C(O)C(O)C1O)OC(=O)CCCCCCC/C=C\C/C=C\C/C=C\CC. The van der Waals surface area contributed by atoms with Crippen LogP contribution in [-0.4, -0.2) is 142 Å². The Morgan fingerprint density at radius 3 is 1.41 bits per heavy atom. The Morgan fingerprint density at radius 2 is 0.899 bits per heavy atom. The highest BCUT2D eigenvalue weighted by Crippen LogP contribution is 2.26. The monoisotopic (exact) mass is 973 g/mol. The van der Waals surface area contributed by atoms with Crippen LogP contribution in [0.5, 0.6) is 0 Å². The molecule has 2 rings (SSSR count). The van der Waals surface area contributed by atoms with Crippen molar-refractivity contribution < 1.29 is 69.0 Å². The number of aliphatic hydroxyl groups is 7. The minimum atomic E-state index is -1.73. The van der Waals surface area contributed by atoms with Crippen LogP contribution in [0.1, 0.15) is 129 Å². The second kappa shape index (κ2) is 41.3. The van der Waals surface area contributed by atoms with Gasteiger partial charge < -0.3 is 64.2 Å². The lowest BCUT2D eigenvalue weighted by Crippen LogP contribution is -2.61. The molecule has 7 N–H and O–H groups in total. The predicted molar refractivity (Wildman–Crippen MR) is 270 cm³/mol. The first-order valence-electron chi connectivity index (χ1n) is 25.5. The van der Waals surface area contributed by atoms with Crippen molar-refractivity contribution in [2.24, 2.45) is 0 Å². The second-order valence-corrected chi connectivity index (χ2v) is 17.2. The summed E-state index contributed by atoms with van der Waals surface area (Å²) in [6.07, 6.45) is 38.7. The van der Waals surface area contributed by atoms with E-state index >= 15 is 0 Å². The number of carbonyl (C=O) groups is 1. The van der Waals surface area contributed by atoms with Crippen LogP contribution in [0, 0.1) is 0 Å². The van der Waals surface area contributed by atoms with E-state index in [1.54, 1.807) is 0 Å². The van der Waals surface area contributed by atoms with Crippen molar-refractivity contribution in [1.29, 1.82) is 0 Å². The third-order valence-corrected chi connectivity index (χ3v) is 11.3. The second-order valence-electron chi connectivity index (χ2n) is 17.2. The highest BCUT2D eigenvalue weighted by molar-refractivity contribution is 5.69. The van der Waals surface area contributed by atoms with Crippen LogP contribution in [0.25, 0.3) is 0 Å². The van der Waals surface area contributed by atoms with E-state index in [2.05, 4.69) is 123 Å². The lowest BCUT2D eigenvalue weighted by Gasteiger charge is -2.42. The number of carbonyl (C=O) groups excluding carboxylic acids is 1. The van der Waals surface area contributed by atoms with E-state index in [-0.39, 0.29) is 19.6 Å². The summed E-state index contributed by atoms with van der Waals surface area (Å²) in [7, 11) is 0. The molecule has 392 valence electrons. The van der Waals surface area contributed by atoms with E-state index in [1.807, 2.05) is 0 Å². The molecule has 11 atom stereocenters. The Hall–Kier alpha value is -3.35. The van der Waals surface area contributed by atoms with E-state index in [4.69, 9.17) is 28.4 Å². The number of ether oxygens (including phenoxy) is 6. The summed E-state index contributed by atoms with van der Waals surface area (Å²) in [6, 6.07) is 0. The molecule has 2 aliphatic heterocycles. The van der Waals surface area contributed by atoms with Crippen molar-refractivity contribution >= 4 is 5.97 Å². The van der Waals surface area contributed by atoms with Crippen LogP contribution >= 0.6 is 0 Å². The molecule has 0 aromatic heterocycles. The van der Waals surface area contributed by atoms with Gasteiger partial charge >= 0.3 is 5.97 Å². The molecule has 2 heterocycles. The standard InChI is InChI=1S/C55H88O14/c1-3-5-7-9-11-13-15-17-19-20-21-22-23-25-27-29-31-33-35-37-39-64-41-44(67-47(57)38-36-34-32-30-28-26-24-18-16-14-12-10-8-6-4-2)42-65-54-53(63)51(61)49(59)46(69-54)43-66-55-52(62)50(60)48(58)45(40-56)68-55/h5-8,11-14,17-19,21-22,24-25,27,31,33,44-46,48-56,58-63H,3-4,9-10,15-16,20,23,26,28-30,32,34-43H2,1-2H3/b7-5-,8-6-,13-11-,14-12-,19-17-,22-21-,24-18-,27-25-,33-31-. The Kier molecular flexibility index (Phi) is 37.0. The van der Waals surface area contributed by atoms with E-state index in [0.29, 0.717) is 13.0 Å². The van der Waals surface area contributed by atoms with Gasteiger partial charge in [-0.1, -0.05) is 142 Å². The molecular weight excluding hydrogens is 885 g/mol. The normalized spacial score (nSPS) is 26.6. The summed E-state index contributed by atoms with van der Waals surface area (Å²) in [6.45, 7) is 3.24. The van der Waals surface area contributed by atoms with E-state index < -0.39 is 86.7 Å². The van der Waals surface area contributed by atoms with Crippen LogP contribution in [0.3, 0.4) is 0 Å². The Morgan fingerprint density at radius 1 is 0.478 bits per heavy atom. The molecule has 14 heteroatoms. The quantitative estimate of drug-likeness (QED) is 0.0180. The molecule has 11 unspecified atom stereocenters.